The van der Waals surface area contributed by atoms with E-state index in [0.717, 1.165) is 10.9 Å². The summed E-state index contributed by atoms with van der Waals surface area (Å²) in [6, 6.07) is -0.488. The Morgan fingerprint density at radius 1 is 1.93 bits per heavy atom. The number of halogens is 1. The van der Waals surface area contributed by atoms with Gasteiger partial charge in [-0.25, -0.2) is 0 Å². The Kier molecular flexibility index (Phi) is 4.28. The molecule has 78 valence electrons. The predicted octanol–water partition coefficient (Wildman–Crippen LogP) is 0.999. The molecule has 1 rings (SSSR count). The molecule has 0 saturated heterocycles. The third-order valence-corrected chi connectivity index (χ3v) is 2.55. The van der Waals surface area contributed by atoms with Crippen molar-refractivity contribution in [3.63, 3.8) is 0 Å². The van der Waals surface area contributed by atoms with Crippen LogP contribution in [0.2, 0.25) is 0 Å². The standard InChI is InChI=1S/C9H13BrN2O2/c1-14-9(13)8(11)4-7-3-2-6(10)5-12-7/h2,5,7-8H,3-4,11H2,1H3/t7?,8-/m0/s1. The second kappa shape index (κ2) is 5.26. The second-order valence-corrected chi connectivity index (χ2v) is 4.04. The highest BCUT2D eigenvalue weighted by Crippen LogP contribution is 2.16. The van der Waals surface area contributed by atoms with Gasteiger partial charge in [-0.05, 0) is 28.8 Å². The lowest BCUT2D eigenvalue weighted by atomic mass is 10.0. The summed E-state index contributed by atoms with van der Waals surface area (Å²) < 4.78 is 5.51. The Morgan fingerprint density at radius 3 is 3.14 bits per heavy atom. The van der Waals surface area contributed by atoms with Crippen LogP contribution in [0, 0.1) is 0 Å². The molecule has 1 aliphatic heterocycles. The van der Waals surface area contributed by atoms with Gasteiger partial charge in [0, 0.05) is 10.7 Å². The first-order chi connectivity index (χ1) is 6.63. The minimum Gasteiger partial charge on any atom is -0.468 e. The molecule has 0 fully saturated rings. The zero-order valence-electron chi connectivity index (χ0n) is 7.94. The number of hydrogen-bond donors (Lipinski definition) is 1. The summed E-state index contributed by atoms with van der Waals surface area (Å²) in [6.07, 6.45) is 5.08. The van der Waals surface area contributed by atoms with Crippen LogP contribution in [0.3, 0.4) is 0 Å². The van der Waals surface area contributed by atoms with Gasteiger partial charge >= 0.3 is 5.97 Å². The molecule has 5 heteroatoms. The van der Waals surface area contributed by atoms with Crippen molar-refractivity contribution in [2.45, 2.75) is 24.9 Å². The summed E-state index contributed by atoms with van der Waals surface area (Å²) in [5, 5.41) is 0. The highest BCUT2D eigenvalue weighted by molar-refractivity contribution is 9.12. The first-order valence-electron chi connectivity index (χ1n) is 4.35. The van der Waals surface area contributed by atoms with E-state index in [-0.39, 0.29) is 12.0 Å². The number of rotatable bonds is 3. The highest BCUT2D eigenvalue weighted by Gasteiger charge is 2.19. The van der Waals surface area contributed by atoms with E-state index in [0.29, 0.717) is 6.42 Å². The Labute approximate surface area is 91.3 Å². The number of aliphatic imine (C=N–C) groups is 1. The van der Waals surface area contributed by atoms with E-state index >= 15 is 0 Å². The van der Waals surface area contributed by atoms with E-state index in [1.807, 2.05) is 6.08 Å². The second-order valence-electron chi connectivity index (χ2n) is 3.12. The molecule has 1 unspecified atom stereocenters. The molecule has 0 aromatic rings. The summed E-state index contributed by atoms with van der Waals surface area (Å²) in [7, 11) is 1.34. The van der Waals surface area contributed by atoms with E-state index < -0.39 is 6.04 Å². The molecule has 0 amide bonds. The molecule has 0 aliphatic carbocycles. The van der Waals surface area contributed by atoms with Gasteiger partial charge in [-0.1, -0.05) is 6.08 Å². The smallest absolute Gasteiger partial charge is 0.322 e. The number of nitrogens with zero attached hydrogens (tertiary/aromatic N) is 1. The molecule has 0 aromatic heterocycles. The van der Waals surface area contributed by atoms with E-state index in [9.17, 15) is 4.79 Å². The lowest BCUT2D eigenvalue weighted by Gasteiger charge is -2.16. The number of carbonyl (C=O) groups excluding carboxylic acids is 1. The van der Waals surface area contributed by atoms with Crippen LogP contribution in [0.25, 0.3) is 0 Å². The number of methoxy groups -OCH3 is 1. The van der Waals surface area contributed by atoms with Gasteiger partial charge in [-0.3, -0.25) is 9.79 Å². The Balaban J connectivity index is 2.40. The summed E-state index contributed by atoms with van der Waals surface area (Å²) in [4.78, 5) is 15.3. The number of nitrogens with two attached hydrogens (primary N) is 1. The fourth-order valence-electron chi connectivity index (χ4n) is 1.24. The summed E-state index contributed by atoms with van der Waals surface area (Å²) in [5.41, 5.74) is 5.61. The van der Waals surface area contributed by atoms with Gasteiger partial charge in [0.15, 0.2) is 0 Å². The third kappa shape index (κ3) is 3.23. The van der Waals surface area contributed by atoms with E-state index in [1.165, 1.54) is 7.11 Å². The quantitative estimate of drug-likeness (QED) is 0.771. The van der Waals surface area contributed by atoms with Crippen molar-refractivity contribution in [2.24, 2.45) is 10.7 Å². The van der Waals surface area contributed by atoms with Crippen LogP contribution in [-0.2, 0) is 9.53 Å². The number of allylic oxidation sites excluding steroid dienone is 1. The fourth-order valence-corrected chi connectivity index (χ4v) is 1.54. The zero-order chi connectivity index (χ0) is 10.6. The normalized spacial score (nSPS) is 22.8. The average molecular weight is 261 g/mol. The van der Waals surface area contributed by atoms with Crippen LogP contribution < -0.4 is 5.73 Å². The molecule has 4 nitrogen and oxygen atoms in total. The molecule has 0 radical (unpaired) electrons. The molecule has 2 atom stereocenters. The van der Waals surface area contributed by atoms with Crippen LogP contribution in [0.5, 0.6) is 0 Å². The number of ether oxygens (including phenoxy) is 1. The van der Waals surface area contributed by atoms with Gasteiger partial charge in [0.25, 0.3) is 0 Å². The molecule has 0 bridgehead atoms. The Hall–Kier alpha value is -0.680. The Bertz CT molecular complexity index is 276. The van der Waals surface area contributed by atoms with E-state index in [4.69, 9.17) is 5.73 Å². The predicted molar refractivity (Wildman–Crippen MR) is 58.5 cm³/mol. The molecule has 14 heavy (non-hydrogen) atoms. The number of carbonyl (C=O) groups is 1. The maximum absolute atomic E-state index is 11.0. The summed E-state index contributed by atoms with van der Waals surface area (Å²) in [5.74, 6) is -0.381. The number of dihydropyridines is 1. The SMILES string of the molecule is COC(=O)[C@@H](N)CC1CC=C(Br)C=N1. The first kappa shape index (κ1) is 11.4. The average Bonchev–Trinajstić information content (AvgIpc) is 2.20. The summed E-state index contributed by atoms with van der Waals surface area (Å²) >= 11 is 3.31. The number of esters is 1. The molecule has 0 spiro atoms. The van der Waals surface area contributed by atoms with Crippen LogP contribution >= 0.6 is 15.9 Å². The number of hydrogen-bond acceptors (Lipinski definition) is 4. The minimum atomic E-state index is -0.576. The van der Waals surface area contributed by atoms with Gasteiger partial charge in [0.2, 0.25) is 0 Å². The van der Waals surface area contributed by atoms with Crippen LogP contribution in [0.1, 0.15) is 12.8 Å². The fraction of sp³-hybridized carbons (Fsp3) is 0.556. The lowest BCUT2D eigenvalue weighted by molar-refractivity contribution is -0.142. The van der Waals surface area contributed by atoms with Crippen molar-refractivity contribution in [3.05, 3.63) is 10.6 Å². The van der Waals surface area contributed by atoms with Crippen molar-refractivity contribution < 1.29 is 9.53 Å². The van der Waals surface area contributed by atoms with E-state index in [1.54, 1.807) is 6.21 Å². The lowest BCUT2D eigenvalue weighted by Crippen LogP contribution is -2.35. The van der Waals surface area contributed by atoms with Gasteiger partial charge in [-0.15, -0.1) is 0 Å². The molecule has 0 aromatic carbocycles. The van der Waals surface area contributed by atoms with Crippen molar-refractivity contribution in [3.8, 4) is 0 Å². The van der Waals surface area contributed by atoms with Gasteiger partial charge in [0.05, 0.1) is 13.2 Å². The largest absolute Gasteiger partial charge is 0.468 e. The van der Waals surface area contributed by atoms with Gasteiger partial charge in [0.1, 0.15) is 6.04 Å². The van der Waals surface area contributed by atoms with Crippen LogP contribution in [0.4, 0.5) is 0 Å². The summed E-state index contributed by atoms with van der Waals surface area (Å²) in [6.45, 7) is 0. The topological polar surface area (TPSA) is 64.7 Å². The monoisotopic (exact) mass is 260 g/mol. The van der Waals surface area contributed by atoms with Crippen molar-refractivity contribution in [1.29, 1.82) is 0 Å². The van der Waals surface area contributed by atoms with Gasteiger partial charge in [-0.2, -0.15) is 0 Å². The molecule has 0 saturated carbocycles. The van der Waals surface area contributed by atoms with E-state index in [2.05, 4.69) is 25.7 Å². The molecular weight excluding hydrogens is 248 g/mol. The first-order valence-corrected chi connectivity index (χ1v) is 5.15. The highest BCUT2D eigenvalue weighted by atomic mass is 79.9. The van der Waals surface area contributed by atoms with Crippen LogP contribution in [-0.4, -0.2) is 31.4 Å². The molecular formula is C9H13BrN2O2. The molecule has 2 N–H and O–H groups in total. The maximum Gasteiger partial charge on any atom is 0.322 e. The molecule has 1 aliphatic rings. The third-order valence-electron chi connectivity index (χ3n) is 2.02. The zero-order valence-corrected chi connectivity index (χ0v) is 9.53. The van der Waals surface area contributed by atoms with Crippen LogP contribution in [0.15, 0.2) is 15.6 Å². The Morgan fingerprint density at radius 2 is 2.64 bits per heavy atom. The maximum atomic E-state index is 11.0. The van der Waals surface area contributed by atoms with Gasteiger partial charge < -0.3 is 10.5 Å². The van der Waals surface area contributed by atoms with Crippen molar-refractivity contribution >= 4 is 28.1 Å². The molecule has 1 heterocycles. The minimum absolute atomic E-state index is 0.0883. The van der Waals surface area contributed by atoms with Crippen molar-refractivity contribution in [1.82, 2.24) is 0 Å². The van der Waals surface area contributed by atoms with Crippen molar-refractivity contribution in [2.75, 3.05) is 7.11 Å².